The number of halogens is 2. The van der Waals surface area contributed by atoms with Crippen LogP contribution in [0, 0.1) is 0 Å². The van der Waals surface area contributed by atoms with Crippen LogP contribution in [-0.4, -0.2) is 39.4 Å². The van der Waals surface area contributed by atoms with Gasteiger partial charge in [0.15, 0.2) is 11.5 Å². The number of nitrogens with zero attached hydrogens (tertiary/aromatic N) is 1. The van der Waals surface area contributed by atoms with Crippen LogP contribution in [0.5, 0.6) is 11.5 Å². The van der Waals surface area contributed by atoms with Crippen molar-refractivity contribution in [3.8, 4) is 11.5 Å². The van der Waals surface area contributed by atoms with Crippen molar-refractivity contribution in [3.63, 3.8) is 0 Å². The first-order chi connectivity index (χ1) is 8.97. The molecule has 0 bridgehead atoms. The minimum atomic E-state index is -2.90. The van der Waals surface area contributed by atoms with Crippen LogP contribution in [0.2, 0.25) is 0 Å². The van der Waals surface area contributed by atoms with E-state index >= 15 is 0 Å². The molecule has 7 heteroatoms. The summed E-state index contributed by atoms with van der Waals surface area (Å²) in [5.74, 6) is 0.249. The van der Waals surface area contributed by atoms with Crippen molar-refractivity contribution in [2.45, 2.75) is 12.7 Å². The van der Waals surface area contributed by atoms with E-state index < -0.39 is 6.61 Å². The van der Waals surface area contributed by atoms with Crippen molar-refractivity contribution in [2.24, 2.45) is 5.73 Å². The maximum absolute atomic E-state index is 12.3. The molecule has 1 rings (SSSR count). The Morgan fingerprint density at radius 3 is 2.47 bits per heavy atom. The van der Waals surface area contributed by atoms with Gasteiger partial charge in [0.05, 0.1) is 13.2 Å². The molecule has 0 saturated heterocycles. The maximum Gasteiger partial charge on any atom is 0.387 e. The fourth-order valence-corrected chi connectivity index (χ4v) is 1.67. The number of hydrazine groups is 1. The lowest BCUT2D eigenvalue weighted by Crippen LogP contribution is -2.38. The summed E-state index contributed by atoms with van der Waals surface area (Å²) in [5.41, 5.74) is 9.50. The van der Waals surface area contributed by atoms with Crippen LogP contribution in [0.3, 0.4) is 0 Å². The highest BCUT2D eigenvalue weighted by atomic mass is 19.3. The van der Waals surface area contributed by atoms with Crippen LogP contribution < -0.4 is 20.6 Å². The molecule has 0 radical (unpaired) electrons. The fourth-order valence-electron chi connectivity index (χ4n) is 1.67. The number of rotatable bonds is 7. The minimum Gasteiger partial charge on any atom is -0.493 e. The molecule has 1 unspecified atom stereocenters. The maximum atomic E-state index is 12.3. The second kappa shape index (κ2) is 7.22. The summed E-state index contributed by atoms with van der Waals surface area (Å²) in [5, 5.41) is 1.75. The Morgan fingerprint density at radius 2 is 2.00 bits per heavy atom. The third-order valence-corrected chi connectivity index (χ3v) is 2.46. The average molecular weight is 275 g/mol. The molecular formula is C12H19F2N3O2. The van der Waals surface area contributed by atoms with Gasteiger partial charge in [0.25, 0.3) is 0 Å². The van der Waals surface area contributed by atoms with E-state index in [0.29, 0.717) is 6.54 Å². The molecule has 0 aliphatic rings. The van der Waals surface area contributed by atoms with Gasteiger partial charge in [-0.3, -0.25) is 0 Å². The second-order valence-electron chi connectivity index (χ2n) is 4.10. The predicted molar refractivity (Wildman–Crippen MR) is 68.2 cm³/mol. The zero-order chi connectivity index (χ0) is 14.4. The lowest BCUT2D eigenvalue weighted by Gasteiger charge is -2.23. The number of nitrogens with two attached hydrogens (primary N) is 1. The first kappa shape index (κ1) is 15.6. The SMILES string of the molecule is COc1ccc(C(CN)NN(C)C)cc1OC(F)F. The third kappa shape index (κ3) is 4.62. The van der Waals surface area contributed by atoms with Crippen molar-refractivity contribution in [3.05, 3.63) is 23.8 Å². The smallest absolute Gasteiger partial charge is 0.387 e. The minimum absolute atomic E-state index is 0.00555. The van der Waals surface area contributed by atoms with Crippen molar-refractivity contribution >= 4 is 0 Å². The Kier molecular flexibility index (Phi) is 5.94. The number of methoxy groups -OCH3 is 1. The quantitative estimate of drug-likeness (QED) is 0.736. The van der Waals surface area contributed by atoms with Crippen LogP contribution in [0.4, 0.5) is 8.78 Å². The summed E-state index contributed by atoms with van der Waals surface area (Å²) in [6.07, 6.45) is 0. The van der Waals surface area contributed by atoms with Crippen LogP contribution in [0.15, 0.2) is 18.2 Å². The monoisotopic (exact) mass is 275 g/mol. The van der Waals surface area contributed by atoms with Crippen molar-refractivity contribution in [1.82, 2.24) is 10.4 Å². The molecule has 3 N–H and O–H groups in total. The van der Waals surface area contributed by atoms with E-state index in [1.165, 1.54) is 13.2 Å². The van der Waals surface area contributed by atoms with E-state index in [2.05, 4.69) is 10.2 Å². The van der Waals surface area contributed by atoms with E-state index in [4.69, 9.17) is 10.5 Å². The molecule has 19 heavy (non-hydrogen) atoms. The predicted octanol–water partition coefficient (Wildman–Crippen LogP) is 1.36. The number of nitrogens with one attached hydrogen (secondary N) is 1. The van der Waals surface area contributed by atoms with Gasteiger partial charge in [-0.2, -0.15) is 8.78 Å². The molecule has 0 aromatic heterocycles. The van der Waals surface area contributed by atoms with Crippen LogP contribution >= 0.6 is 0 Å². The molecule has 0 fully saturated rings. The van der Waals surface area contributed by atoms with Crippen LogP contribution in [-0.2, 0) is 0 Å². The molecule has 0 spiro atoms. The Balaban J connectivity index is 3.01. The molecule has 0 aliphatic carbocycles. The Hall–Kier alpha value is -1.44. The first-order valence-electron chi connectivity index (χ1n) is 5.74. The molecule has 0 saturated carbocycles. The highest BCUT2D eigenvalue weighted by Gasteiger charge is 2.16. The van der Waals surface area contributed by atoms with Crippen molar-refractivity contribution in [1.29, 1.82) is 0 Å². The van der Waals surface area contributed by atoms with Gasteiger partial charge in [-0.05, 0) is 17.7 Å². The summed E-state index contributed by atoms with van der Waals surface area (Å²) < 4.78 is 34.1. The standard InChI is InChI=1S/C12H19F2N3O2/c1-17(2)16-9(7-15)8-4-5-10(18-3)11(6-8)19-12(13)14/h4-6,9,12,16H,7,15H2,1-3H3. The molecule has 1 atom stereocenters. The van der Waals surface area contributed by atoms with Gasteiger partial charge in [-0.1, -0.05) is 6.07 Å². The zero-order valence-corrected chi connectivity index (χ0v) is 11.2. The van der Waals surface area contributed by atoms with Gasteiger partial charge in [-0.15, -0.1) is 0 Å². The Labute approximate surface area is 111 Å². The highest BCUT2D eigenvalue weighted by molar-refractivity contribution is 5.44. The molecular weight excluding hydrogens is 256 g/mol. The number of benzene rings is 1. The van der Waals surface area contributed by atoms with Gasteiger partial charge in [0, 0.05) is 20.6 Å². The molecule has 0 heterocycles. The molecule has 1 aromatic rings. The second-order valence-corrected chi connectivity index (χ2v) is 4.10. The zero-order valence-electron chi connectivity index (χ0n) is 11.2. The van der Waals surface area contributed by atoms with Gasteiger partial charge >= 0.3 is 6.61 Å². The van der Waals surface area contributed by atoms with E-state index in [-0.39, 0.29) is 17.5 Å². The van der Waals surface area contributed by atoms with E-state index in [1.807, 2.05) is 14.1 Å². The molecule has 5 nitrogen and oxygen atoms in total. The lowest BCUT2D eigenvalue weighted by atomic mass is 10.1. The summed E-state index contributed by atoms with van der Waals surface area (Å²) in [7, 11) is 5.04. The summed E-state index contributed by atoms with van der Waals surface area (Å²) >= 11 is 0. The van der Waals surface area contributed by atoms with Crippen molar-refractivity contribution < 1.29 is 18.3 Å². The fraction of sp³-hybridized carbons (Fsp3) is 0.500. The van der Waals surface area contributed by atoms with Gasteiger partial charge in [0.2, 0.25) is 0 Å². The largest absolute Gasteiger partial charge is 0.493 e. The Bertz CT molecular complexity index is 403. The van der Waals surface area contributed by atoms with Gasteiger partial charge in [0.1, 0.15) is 0 Å². The summed E-state index contributed by atoms with van der Waals surface area (Å²) in [6.45, 7) is -2.58. The average Bonchev–Trinajstić information content (AvgIpc) is 2.35. The van der Waals surface area contributed by atoms with Crippen molar-refractivity contribution in [2.75, 3.05) is 27.7 Å². The number of ether oxygens (including phenoxy) is 2. The number of hydrogen-bond donors (Lipinski definition) is 2. The van der Waals surface area contributed by atoms with Crippen LogP contribution in [0.1, 0.15) is 11.6 Å². The van der Waals surface area contributed by atoms with E-state index in [9.17, 15) is 8.78 Å². The molecule has 1 aromatic carbocycles. The highest BCUT2D eigenvalue weighted by Crippen LogP contribution is 2.31. The summed E-state index contributed by atoms with van der Waals surface area (Å²) in [6, 6.07) is 4.64. The molecule has 0 aliphatic heterocycles. The van der Waals surface area contributed by atoms with Gasteiger partial charge < -0.3 is 15.2 Å². The number of hydrogen-bond acceptors (Lipinski definition) is 5. The topological polar surface area (TPSA) is 59.8 Å². The van der Waals surface area contributed by atoms with E-state index in [0.717, 1.165) is 5.56 Å². The number of alkyl halides is 2. The molecule has 108 valence electrons. The van der Waals surface area contributed by atoms with E-state index in [1.54, 1.807) is 17.1 Å². The molecule has 0 amide bonds. The normalized spacial score (nSPS) is 12.8. The lowest BCUT2D eigenvalue weighted by molar-refractivity contribution is -0.0512. The summed E-state index contributed by atoms with van der Waals surface area (Å²) in [4.78, 5) is 0. The van der Waals surface area contributed by atoms with Gasteiger partial charge in [-0.25, -0.2) is 10.4 Å². The first-order valence-corrected chi connectivity index (χ1v) is 5.74. The Morgan fingerprint density at radius 1 is 1.32 bits per heavy atom. The van der Waals surface area contributed by atoms with Crippen LogP contribution in [0.25, 0.3) is 0 Å². The third-order valence-electron chi connectivity index (χ3n) is 2.46.